The first-order valence-electron chi connectivity index (χ1n) is 7.34. The Morgan fingerprint density at radius 1 is 1.22 bits per heavy atom. The zero-order valence-corrected chi connectivity index (χ0v) is 12.9. The second kappa shape index (κ2) is 5.83. The first-order valence-corrected chi connectivity index (χ1v) is 7.34. The van der Waals surface area contributed by atoms with Crippen LogP contribution in [-0.2, 0) is 11.3 Å². The highest BCUT2D eigenvalue weighted by Crippen LogP contribution is 2.38. The van der Waals surface area contributed by atoms with Gasteiger partial charge in [-0.05, 0) is 43.7 Å². The molecule has 1 heterocycles. The molecule has 0 spiro atoms. The fourth-order valence-electron chi connectivity index (χ4n) is 2.64. The molecule has 2 aromatic carbocycles. The van der Waals surface area contributed by atoms with Gasteiger partial charge in [0.2, 0.25) is 0 Å². The van der Waals surface area contributed by atoms with Gasteiger partial charge in [0.05, 0.1) is 17.8 Å². The van der Waals surface area contributed by atoms with Gasteiger partial charge in [-0.1, -0.05) is 18.2 Å². The third-order valence-corrected chi connectivity index (χ3v) is 3.83. The number of hydrogen-bond acceptors (Lipinski definition) is 3. The Bertz CT molecular complexity index is 770. The van der Waals surface area contributed by atoms with Crippen LogP contribution < -0.4 is 9.64 Å². The quantitative estimate of drug-likeness (QED) is 0.817. The molecule has 1 aliphatic heterocycles. The first kappa shape index (κ1) is 15.2. The molecule has 4 nitrogen and oxygen atoms in total. The van der Waals surface area contributed by atoms with E-state index in [9.17, 15) is 14.0 Å². The molecule has 0 aliphatic carbocycles. The number of para-hydroxylation sites is 1. The zero-order chi connectivity index (χ0) is 16.6. The lowest BCUT2D eigenvalue weighted by Gasteiger charge is -2.34. The highest BCUT2D eigenvalue weighted by Gasteiger charge is 2.33. The molecule has 0 N–H and O–H groups in total. The van der Waals surface area contributed by atoms with Crippen molar-refractivity contribution in [2.45, 2.75) is 26.5 Å². The van der Waals surface area contributed by atoms with Crippen LogP contribution in [0.4, 0.5) is 10.1 Å². The largest absolute Gasteiger partial charge is 0.478 e. The van der Waals surface area contributed by atoms with Gasteiger partial charge in [0.1, 0.15) is 5.82 Å². The number of halogens is 1. The molecule has 2 aromatic rings. The summed E-state index contributed by atoms with van der Waals surface area (Å²) in [5.74, 6) is -0.212. The Labute approximate surface area is 133 Å². The average Bonchev–Trinajstić information content (AvgIpc) is 2.53. The maximum atomic E-state index is 13.0. The lowest BCUT2D eigenvalue weighted by atomic mass is 10.1. The van der Waals surface area contributed by atoms with Crippen molar-refractivity contribution in [2.75, 3.05) is 4.90 Å². The Morgan fingerprint density at radius 2 is 1.91 bits per heavy atom. The van der Waals surface area contributed by atoms with E-state index < -0.39 is 6.10 Å². The summed E-state index contributed by atoms with van der Waals surface area (Å²) in [6.45, 7) is 3.41. The fourth-order valence-corrected chi connectivity index (χ4v) is 2.64. The number of carbonyl (C=O) groups is 2. The monoisotopic (exact) mass is 313 g/mol. The molecule has 0 radical (unpaired) electrons. The minimum atomic E-state index is -0.677. The van der Waals surface area contributed by atoms with Crippen LogP contribution in [0.2, 0.25) is 0 Å². The Morgan fingerprint density at radius 3 is 2.57 bits per heavy atom. The second-order valence-corrected chi connectivity index (χ2v) is 5.52. The molecule has 0 saturated heterocycles. The van der Waals surface area contributed by atoms with Crippen molar-refractivity contribution in [3.05, 3.63) is 59.4 Å². The summed E-state index contributed by atoms with van der Waals surface area (Å²) in [6, 6.07) is 11.1. The number of fused-ring (bicyclic) bond motifs is 1. The molecule has 1 amide bonds. The molecule has 1 atom stereocenters. The van der Waals surface area contributed by atoms with Crippen LogP contribution in [0.3, 0.4) is 0 Å². The second-order valence-electron chi connectivity index (χ2n) is 5.52. The van der Waals surface area contributed by atoms with Gasteiger partial charge in [0.15, 0.2) is 17.6 Å². The third kappa shape index (κ3) is 2.82. The van der Waals surface area contributed by atoms with E-state index in [1.807, 2.05) is 0 Å². The van der Waals surface area contributed by atoms with Crippen LogP contribution in [0.25, 0.3) is 0 Å². The van der Waals surface area contributed by atoms with Crippen molar-refractivity contribution in [1.29, 1.82) is 0 Å². The van der Waals surface area contributed by atoms with Gasteiger partial charge in [-0.25, -0.2) is 4.39 Å². The standard InChI is InChI=1S/C18H16FNO3/c1-11(21)15-4-3-5-16-17(15)23-12(2)18(22)20(16)10-13-6-8-14(19)9-7-13/h3-9,12H,10H2,1-2H3. The molecule has 3 rings (SSSR count). The highest BCUT2D eigenvalue weighted by atomic mass is 19.1. The van der Waals surface area contributed by atoms with E-state index in [1.54, 1.807) is 42.2 Å². The maximum absolute atomic E-state index is 13.0. The van der Waals surface area contributed by atoms with Crippen molar-refractivity contribution < 1.29 is 18.7 Å². The molecule has 5 heteroatoms. The zero-order valence-electron chi connectivity index (χ0n) is 12.9. The summed E-state index contributed by atoms with van der Waals surface area (Å²) < 4.78 is 18.7. The molecule has 0 fully saturated rings. The number of amides is 1. The van der Waals surface area contributed by atoms with E-state index in [2.05, 4.69) is 0 Å². The molecule has 23 heavy (non-hydrogen) atoms. The first-order chi connectivity index (χ1) is 11.0. The smallest absolute Gasteiger partial charge is 0.268 e. The summed E-state index contributed by atoms with van der Waals surface area (Å²) in [4.78, 5) is 25.8. The predicted molar refractivity (Wildman–Crippen MR) is 84.1 cm³/mol. The van der Waals surface area contributed by atoms with E-state index in [0.29, 0.717) is 23.5 Å². The van der Waals surface area contributed by atoms with E-state index in [1.165, 1.54) is 19.1 Å². The number of carbonyl (C=O) groups excluding carboxylic acids is 2. The highest BCUT2D eigenvalue weighted by molar-refractivity contribution is 6.05. The number of anilines is 1. The molecule has 1 unspecified atom stereocenters. The molecular weight excluding hydrogens is 297 g/mol. The van der Waals surface area contributed by atoms with Crippen molar-refractivity contribution in [3.8, 4) is 5.75 Å². The van der Waals surface area contributed by atoms with Crippen molar-refractivity contribution in [1.82, 2.24) is 0 Å². The molecule has 118 valence electrons. The lowest BCUT2D eigenvalue weighted by Crippen LogP contribution is -2.44. The van der Waals surface area contributed by atoms with Crippen LogP contribution in [0, 0.1) is 5.82 Å². The van der Waals surface area contributed by atoms with Crippen LogP contribution >= 0.6 is 0 Å². The van der Waals surface area contributed by atoms with E-state index in [0.717, 1.165) is 5.56 Å². The van der Waals surface area contributed by atoms with E-state index in [-0.39, 0.29) is 17.5 Å². The summed E-state index contributed by atoms with van der Waals surface area (Å²) in [5.41, 5.74) is 1.81. The summed E-state index contributed by atoms with van der Waals surface area (Å²) in [6.07, 6.45) is -0.677. The minimum absolute atomic E-state index is 0.120. The maximum Gasteiger partial charge on any atom is 0.268 e. The Hall–Kier alpha value is -2.69. The fraction of sp³-hybridized carbons (Fsp3) is 0.222. The summed E-state index contributed by atoms with van der Waals surface area (Å²) in [7, 11) is 0. The Balaban J connectivity index is 2.03. The van der Waals surface area contributed by atoms with Gasteiger partial charge in [-0.2, -0.15) is 0 Å². The van der Waals surface area contributed by atoms with Crippen LogP contribution in [0.1, 0.15) is 29.8 Å². The van der Waals surface area contributed by atoms with Gasteiger partial charge in [0.25, 0.3) is 5.91 Å². The lowest BCUT2D eigenvalue weighted by molar-refractivity contribution is -0.125. The molecule has 1 aliphatic rings. The van der Waals surface area contributed by atoms with E-state index in [4.69, 9.17) is 4.74 Å². The van der Waals surface area contributed by atoms with Crippen molar-refractivity contribution >= 4 is 17.4 Å². The number of ketones is 1. The number of Topliss-reactive ketones (excluding diaryl/α,β-unsaturated/α-hetero) is 1. The summed E-state index contributed by atoms with van der Waals surface area (Å²) in [5, 5.41) is 0. The number of rotatable bonds is 3. The normalized spacial score (nSPS) is 16.7. The predicted octanol–water partition coefficient (Wildman–Crippen LogP) is 3.34. The third-order valence-electron chi connectivity index (χ3n) is 3.83. The van der Waals surface area contributed by atoms with Crippen LogP contribution in [-0.4, -0.2) is 17.8 Å². The topological polar surface area (TPSA) is 46.6 Å². The average molecular weight is 313 g/mol. The number of hydrogen-bond donors (Lipinski definition) is 0. The van der Waals surface area contributed by atoms with Crippen molar-refractivity contribution in [3.63, 3.8) is 0 Å². The van der Waals surface area contributed by atoms with E-state index >= 15 is 0 Å². The van der Waals surface area contributed by atoms with Gasteiger partial charge < -0.3 is 9.64 Å². The number of benzene rings is 2. The molecule has 0 saturated carbocycles. The molecule has 0 aromatic heterocycles. The number of nitrogens with zero attached hydrogens (tertiary/aromatic N) is 1. The Kier molecular flexibility index (Phi) is 3.86. The van der Waals surface area contributed by atoms with Gasteiger partial charge >= 0.3 is 0 Å². The van der Waals surface area contributed by atoms with Gasteiger partial charge in [-0.3, -0.25) is 9.59 Å². The van der Waals surface area contributed by atoms with Gasteiger partial charge in [-0.15, -0.1) is 0 Å². The van der Waals surface area contributed by atoms with Crippen molar-refractivity contribution in [2.24, 2.45) is 0 Å². The number of ether oxygens (including phenoxy) is 1. The minimum Gasteiger partial charge on any atom is -0.478 e. The SMILES string of the molecule is CC(=O)c1cccc2c1OC(C)C(=O)N2Cc1ccc(F)cc1. The van der Waals surface area contributed by atoms with Crippen LogP contribution in [0.5, 0.6) is 5.75 Å². The van der Waals surface area contributed by atoms with Gasteiger partial charge in [0, 0.05) is 0 Å². The van der Waals surface area contributed by atoms with Crippen LogP contribution in [0.15, 0.2) is 42.5 Å². The summed E-state index contributed by atoms with van der Waals surface area (Å²) >= 11 is 0. The molecular formula is C18H16FNO3. The molecule has 0 bridgehead atoms.